The summed E-state index contributed by atoms with van der Waals surface area (Å²) in [6.07, 6.45) is -0.369. The molecule has 3 rings (SSSR count). The molecule has 0 amide bonds. The molecule has 0 unspecified atom stereocenters. The standard InChI is InChI=1S/C19H14ClF2NOS/c1-10-6-7-14(20)12(8-10)18-11(2)23-19(25-18)17(24)9-13-15(21)4-3-5-16(13)22/h3-8H,9H2,1-2H3. The average molecular weight is 378 g/mol. The molecule has 0 bridgehead atoms. The largest absolute Gasteiger partial charge is 0.291 e. The second-order valence-corrected chi connectivity index (χ2v) is 7.12. The fourth-order valence-electron chi connectivity index (χ4n) is 2.52. The van der Waals surface area contributed by atoms with Crippen LogP contribution in [0.2, 0.25) is 5.02 Å². The van der Waals surface area contributed by atoms with Crippen molar-refractivity contribution in [2.45, 2.75) is 20.3 Å². The normalized spacial score (nSPS) is 10.9. The molecule has 3 aromatic rings. The van der Waals surface area contributed by atoms with Gasteiger partial charge >= 0.3 is 0 Å². The maximum absolute atomic E-state index is 13.7. The van der Waals surface area contributed by atoms with Gasteiger partial charge in [-0.15, -0.1) is 11.3 Å². The molecule has 0 saturated carbocycles. The Morgan fingerprint density at radius 2 is 1.84 bits per heavy atom. The van der Waals surface area contributed by atoms with Gasteiger partial charge in [0, 0.05) is 22.6 Å². The van der Waals surface area contributed by atoms with E-state index in [9.17, 15) is 13.6 Å². The lowest BCUT2D eigenvalue weighted by atomic mass is 10.1. The lowest BCUT2D eigenvalue weighted by Crippen LogP contribution is -2.07. The fourth-order valence-corrected chi connectivity index (χ4v) is 3.82. The molecular formula is C19H14ClF2NOS. The van der Waals surface area contributed by atoms with Crippen LogP contribution in [0.5, 0.6) is 0 Å². The second kappa shape index (κ2) is 7.02. The van der Waals surface area contributed by atoms with Crippen molar-refractivity contribution in [3.63, 3.8) is 0 Å². The van der Waals surface area contributed by atoms with Gasteiger partial charge in [-0.05, 0) is 38.1 Å². The highest BCUT2D eigenvalue weighted by Crippen LogP contribution is 2.36. The Balaban J connectivity index is 1.95. The molecule has 128 valence electrons. The summed E-state index contributed by atoms with van der Waals surface area (Å²) >= 11 is 7.44. The second-order valence-electron chi connectivity index (χ2n) is 5.72. The minimum absolute atomic E-state index is 0.215. The van der Waals surface area contributed by atoms with Gasteiger partial charge in [0.1, 0.15) is 11.6 Å². The van der Waals surface area contributed by atoms with Crippen molar-refractivity contribution in [2.24, 2.45) is 0 Å². The zero-order valence-corrected chi connectivity index (χ0v) is 15.1. The topological polar surface area (TPSA) is 30.0 Å². The van der Waals surface area contributed by atoms with Crippen molar-refractivity contribution in [3.8, 4) is 10.4 Å². The highest BCUT2D eigenvalue weighted by Gasteiger charge is 2.20. The number of carbonyl (C=O) groups excluding carboxylic acids is 1. The van der Waals surface area contributed by atoms with Crippen LogP contribution in [0.4, 0.5) is 8.78 Å². The number of hydrogen-bond donors (Lipinski definition) is 0. The third kappa shape index (κ3) is 3.62. The number of benzene rings is 2. The smallest absolute Gasteiger partial charge is 0.195 e. The van der Waals surface area contributed by atoms with Crippen LogP contribution in [0.25, 0.3) is 10.4 Å². The first kappa shape index (κ1) is 17.7. The van der Waals surface area contributed by atoms with Gasteiger partial charge in [0.05, 0.1) is 10.6 Å². The lowest BCUT2D eigenvalue weighted by Gasteiger charge is -2.03. The minimum Gasteiger partial charge on any atom is -0.291 e. The Kier molecular flexibility index (Phi) is 4.97. The highest BCUT2D eigenvalue weighted by atomic mass is 35.5. The summed E-state index contributed by atoms with van der Waals surface area (Å²) in [4.78, 5) is 17.5. The highest BCUT2D eigenvalue weighted by molar-refractivity contribution is 7.17. The number of halogens is 3. The predicted octanol–water partition coefficient (Wildman–Crippen LogP) is 5.78. The lowest BCUT2D eigenvalue weighted by molar-refractivity contribution is 0.0990. The third-order valence-corrected chi connectivity index (χ3v) is 5.36. The Bertz CT molecular complexity index is 948. The summed E-state index contributed by atoms with van der Waals surface area (Å²) in [5, 5.41) is 0.782. The van der Waals surface area contributed by atoms with Crippen molar-refractivity contribution in [2.75, 3.05) is 0 Å². The molecule has 0 fully saturated rings. The van der Waals surface area contributed by atoms with Crippen molar-refractivity contribution >= 4 is 28.7 Å². The molecule has 25 heavy (non-hydrogen) atoms. The third-order valence-electron chi connectivity index (χ3n) is 3.80. The van der Waals surface area contributed by atoms with E-state index in [1.165, 1.54) is 17.4 Å². The number of aromatic nitrogens is 1. The number of rotatable bonds is 4. The van der Waals surface area contributed by atoms with Crippen LogP contribution in [0.1, 0.15) is 26.6 Å². The van der Waals surface area contributed by atoms with E-state index in [0.717, 1.165) is 28.1 Å². The molecule has 0 saturated heterocycles. The van der Waals surface area contributed by atoms with E-state index in [4.69, 9.17) is 11.6 Å². The molecule has 1 aromatic heterocycles. The van der Waals surface area contributed by atoms with Crippen LogP contribution in [0.15, 0.2) is 36.4 Å². The number of carbonyl (C=O) groups is 1. The van der Waals surface area contributed by atoms with Gasteiger partial charge in [-0.25, -0.2) is 13.8 Å². The molecule has 6 heteroatoms. The van der Waals surface area contributed by atoms with E-state index >= 15 is 0 Å². The van der Waals surface area contributed by atoms with Gasteiger partial charge in [0.2, 0.25) is 0 Å². The first-order chi connectivity index (χ1) is 11.9. The molecule has 2 aromatic carbocycles. The van der Waals surface area contributed by atoms with Gasteiger partial charge in [0.25, 0.3) is 0 Å². The minimum atomic E-state index is -0.733. The van der Waals surface area contributed by atoms with E-state index in [1.807, 2.05) is 19.1 Å². The van der Waals surface area contributed by atoms with Gasteiger partial charge in [-0.3, -0.25) is 4.79 Å². The maximum atomic E-state index is 13.7. The van der Waals surface area contributed by atoms with Crippen LogP contribution >= 0.6 is 22.9 Å². The van der Waals surface area contributed by atoms with Crippen LogP contribution in [0, 0.1) is 25.5 Å². The Labute approximate surface area is 153 Å². The average Bonchev–Trinajstić information content (AvgIpc) is 2.95. The van der Waals surface area contributed by atoms with Gasteiger partial charge in [-0.1, -0.05) is 29.3 Å². The molecule has 0 aliphatic heterocycles. The van der Waals surface area contributed by atoms with Crippen molar-refractivity contribution in [3.05, 3.63) is 74.9 Å². The molecule has 0 atom stereocenters. The SMILES string of the molecule is Cc1ccc(Cl)c(-c2sc(C(=O)Cc3c(F)cccc3F)nc2C)c1. The first-order valence-electron chi connectivity index (χ1n) is 7.57. The van der Waals surface area contributed by atoms with Gasteiger partial charge in [-0.2, -0.15) is 0 Å². The van der Waals surface area contributed by atoms with Crippen LogP contribution in [-0.4, -0.2) is 10.8 Å². The summed E-state index contributed by atoms with van der Waals surface area (Å²) in [5.74, 6) is -1.89. The Morgan fingerprint density at radius 1 is 1.16 bits per heavy atom. The van der Waals surface area contributed by atoms with Gasteiger partial charge < -0.3 is 0 Å². The summed E-state index contributed by atoms with van der Waals surface area (Å²) in [6.45, 7) is 3.73. The van der Waals surface area contributed by atoms with Crippen molar-refractivity contribution < 1.29 is 13.6 Å². The van der Waals surface area contributed by atoms with E-state index in [1.54, 1.807) is 13.0 Å². The van der Waals surface area contributed by atoms with Crippen molar-refractivity contribution in [1.82, 2.24) is 4.98 Å². The molecule has 1 heterocycles. The number of aryl methyl sites for hydroxylation is 2. The molecule has 0 radical (unpaired) electrons. The fraction of sp³-hybridized carbons (Fsp3) is 0.158. The zero-order valence-electron chi connectivity index (χ0n) is 13.6. The van der Waals surface area contributed by atoms with Crippen LogP contribution in [-0.2, 0) is 6.42 Å². The molecule has 0 spiro atoms. The number of nitrogens with zero attached hydrogens (tertiary/aromatic N) is 1. The quantitative estimate of drug-likeness (QED) is 0.539. The number of hydrogen-bond acceptors (Lipinski definition) is 3. The monoisotopic (exact) mass is 377 g/mol. The number of ketones is 1. The summed E-state index contributed by atoms with van der Waals surface area (Å²) in [7, 11) is 0. The van der Waals surface area contributed by atoms with E-state index in [-0.39, 0.29) is 17.0 Å². The Hall–Kier alpha value is -2.11. The van der Waals surface area contributed by atoms with E-state index < -0.39 is 17.4 Å². The summed E-state index contributed by atoms with van der Waals surface area (Å²) < 4.78 is 27.5. The predicted molar refractivity (Wildman–Crippen MR) is 96.4 cm³/mol. The Morgan fingerprint density at radius 3 is 2.52 bits per heavy atom. The molecular weight excluding hydrogens is 364 g/mol. The summed E-state index contributed by atoms with van der Waals surface area (Å²) in [5.41, 5.74) is 2.26. The van der Waals surface area contributed by atoms with E-state index in [0.29, 0.717) is 10.7 Å². The first-order valence-corrected chi connectivity index (χ1v) is 8.76. The van der Waals surface area contributed by atoms with E-state index in [2.05, 4.69) is 4.98 Å². The van der Waals surface area contributed by atoms with Crippen LogP contribution in [0.3, 0.4) is 0 Å². The summed E-state index contributed by atoms with van der Waals surface area (Å²) in [6, 6.07) is 9.15. The molecule has 2 nitrogen and oxygen atoms in total. The maximum Gasteiger partial charge on any atom is 0.195 e. The molecule has 0 aliphatic carbocycles. The number of Topliss-reactive ketones (excluding diaryl/α,β-unsaturated/α-hetero) is 1. The molecule has 0 N–H and O–H groups in total. The van der Waals surface area contributed by atoms with Crippen molar-refractivity contribution in [1.29, 1.82) is 0 Å². The zero-order chi connectivity index (χ0) is 18.1. The van der Waals surface area contributed by atoms with Crippen LogP contribution < -0.4 is 0 Å². The molecule has 0 aliphatic rings. The van der Waals surface area contributed by atoms with Gasteiger partial charge in [0.15, 0.2) is 10.8 Å². The number of thiazole rings is 1.